The molecule has 7 heteroatoms. The van der Waals surface area contributed by atoms with E-state index in [-0.39, 0.29) is 0 Å². The summed E-state index contributed by atoms with van der Waals surface area (Å²) in [7, 11) is 0. The van der Waals surface area contributed by atoms with Crippen molar-refractivity contribution in [1.82, 2.24) is 15.0 Å². The molecule has 0 radical (unpaired) electrons. The van der Waals surface area contributed by atoms with Gasteiger partial charge in [0, 0.05) is 17.3 Å². The van der Waals surface area contributed by atoms with Gasteiger partial charge in [-0.25, -0.2) is 9.97 Å². The van der Waals surface area contributed by atoms with Gasteiger partial charge >= 0.3 is 6.18 Å². The maximum absolute atomic E-state index is 12.6. The highest BCUT2D eigenvalue weighted by atomic mass is 32.2. The minimum Gasteiger partial charge on any atom is -0.253 e. The Balaban J connectivity index is 1.81. The molecule has 2 aromatic heterocycles. The molecule has 0 bridgehead atoms. The number of hydrogen-bond donors (Lipinski definition) is 0. The molecule has 0 saturated heterocycles. The highest BCUT2D eigenvalue weighted by Gasteiger charge is 2.29. The molecule has 0 aliphatic rings. The molecule has 0 N–H and O–H groups in total. The summed E-state index contributed by atoms with van der Waals surface area (Å²) in [6.07, 6.45) is -1.08. The van der Waals surface area contributed by atoms with Crippen molar-refractivity contribution in [1.29, 1.82) is 0 Å². The van der Waals surface area contributed by atoms with E-state index in [9.17, 15) is 13.2 Å². The Morgan fingerprint density at radius 3 is 2.26 bits per heavy atom. The van der Waals surface area contributed by atoms with E-state index in [2.05, 4.69) is 15.0 Å². The highest BCUT2D eigenvalue weighted by Crippen LogP contribution is 2.32. The summed E-state index contributed by atoms with van der Waals surface area (Å²) < 4.78 is 37.7. The van der Waals surface area contributed by atoms with Crippen molar-refractivity contribution in [3.63, 3.8) is 0 Å². The molecule has 0 unspecified atom stereocenters. The lowest BCUT2D eigenvalue weighted by Crippen LogP contribution is -2.03. The smallest absolute Gasteiger partial charge is 0.253 e. The maximum Gasteiger partial charge on any atom is 0.416 e. The molecule has 3 nitrogen and oxygen atoms in total. The van der Waals surface area contributed by atoms with Crippen LogP contribution in [0.2, 0.25) is 0 Å². The molecule has 2 heterocycles. The zero-order valence-electron chi connectivity index (χ0n) is 11.7. The Morgan fingerprint density at radius 2 is 1.61 bits per heavy atom. The van der Waals surface area contributed by atoms with Gasteiger partial charge in [-0.1, -0.05) is 17.8 Å². The van der Waals surface area contributed by atoms with Crippen molar-refractivity contribution < 1.29 is 13.2 Å². The Bertz CT molecular complexity index is 790. The lowest BCUT2D eigenvalue weighted by atomic mass is 10.2. The molecule has 0 aliphatic carbocycles. The van der Waals surface area contributed by atoms with E-state index >= 15 is 0 Å². The van der Waals surface area contributed by atoms with Gasteiger partial charge in [-0.3, -0.25) is 4.98 Å². The van der Waals surface area contributed by atoms with Crippen LogP contribution in [0.25, 0.3) is 11.5 Å². The van der Waals surface area contributed by atoms with Crippen LogP contribution in [-0.4, -0.2) is 15.0 Å². The van der Waals surface area contributed by atoms with Gasteiger partial charge in [0.05, 0.1) is 5.56 Å². The second-order valence-electron chi connectivity index (χ2n) is 4.56. The topological polar surface area (TPSA) is 38.7 Å². The van der Waals surface area contributed by atoms with Gasteiger partial charge in [0.1, 0.15) is 10.7 Å². The summed E-state index contributed by atoms with van der Waals surface area (Å²) in [5.41, 5.74) is -0.0268. The molecule has 116 valence electrons. The number of alkyl halides is 3. The third kappa shape index (κ3) is 3.87. The van der Waals surface area contributed by atoms with Crippen LogP contribution >= 0.6 is 11.8 Å². The van der Waals surface area contributed by atoms with Crippen molar-refractivity contribution in [3.05, 3.63) is 66.5 Å². The van der Waals surface area contributed by atoms with Crippen LogP contribution < -0.4 is 0 Å². The van der Waals surface area contributed by atoms with Gasteiger partial charge < -0.3 is 0 Å². The van der Waals surface area contributed by atoms with E-state index in [1.807, 2.05) is 6.07 Å². The van der Waals surface area contributed by atoms with Gasteiger partial charge in [-0.2, -0.15) is 13.2 Å². The standard InChI is InChI=1S/C16H10F3N3S/c17-16(18,19)11-4-6-12(7-5-11)23-14-8-10-21-15(22-14)13-3-1-2-9-20-13/h1-10H. The minimum absolute atomic E-state index is 0.475. The van der Waals surface area contributed by atoms with E-state index in [1.165, 1.54) is 23.9 Å². The van der Waals surface area contributed by atoms with Gasteiger partial charge in [-0.05, 0) is 42.5 Å². The van der Waals surface area contributed by atoms with E-state index in [0.29, 0.717) is 21.4 Å². The molecule has 0 amide bonds. The summed E-state index contributed by atoms with van der Waals surface area (Å²) in [6.45, 7) is 0. The maximum atomic E-state index is 12.6. The van der Waals surface area contributed by atoms with E-state index in [1.54, 1.807) is 30.6 Å². The lowest BCUT2D eigenvalue weighted by Gasteiger charge is -2.07. The van der Waals surface area contributed by atoms with Crippen LogP contribution in [0.3, 0.4) is 0 Å². The molecular formula is C16H10F3N3S. The predicted octanol–water partition coefficient (Wildman–Crippen LogP) is 4.71. The summed E-state index contributed by atoms with van der Waals surface area (Å²) >= 11 is 1.27. The highest BCUT2D eigenvalue weighted by molar-refractivity contribution is 7.99. The molecule has 0 saturated carbocycles. The first kappa shape index (κ1) is 15.5. The summed E-state index contributed by atoms with van der Waals surface area (Å²) in [5.74, 6) is 0.475. The molecule has 23 heavy (non-hydrogen) atoms. The number of pyridine rings is 1. The lowest BCUT2D eigenvalue weighted by molar-refractivity contribution is -0.137. The molecule has 3 aromatic rings. The fourth-order valence-electron chi connectivity index (χ4n) is 1.85. The fourth-order valence-corrected chi connectivity index (χ4v) is 2.62. The Hall–Kier alpha value is -2.41. The minimum atomic E-state index is -4.33. The summed E-state index contributed by atoms with van der Waals surface area (Å²) in [6, 6.07) is 12.1. The molecule has 3 rings (SSSR count). The monoisotopic (exact) mass is 333 g/mol. The number of rotatable bonds is 3. The van der Waals surface area contributed by atoms with E-state index < -0.39 is 11.7 Å². The molecule has 0 spiro atoms. The first-order valence-corrected chi connectivity index (χ1v) is 7.43. The zero-order valence-corrected chi connectivity index (χ0v) is 12.5. The summed E-state index contributed by atoms with van der Waals surface area (Å²) in [4.78, 5) is 13.4. The van der Waals surface area contributed by atoms with Crippen molar-refractivity contribution in [3.8, 4) is 11.5 Å². The molecule has 1 aromatic carbocycles. The second-order valence-corrected chi connectivity index (χ2v) is 5.65. The Kier molecular flexibility index (Phi) is 4.29. The van der Waals surface area contributed by atoms with Gasteiger partial charge in [0.15, 0.2) is 5.82 Å². The van der Waals surface area contributed by atoms with Crippen LogP contribution in [0.5, 0.6) is 0 Å². The third-order valence-electron chi connectivity index (χ3n) is 2.93. The number of aromatic nitrogens is 3. The number of halogens is 3. The first-order chi connectivity index (χ1) is 11.0. The second kappa shape index (κ2) is 6.37. The van der Waals surface area contributed by atoms with Gasteiger partial charge in [0.25, 0.3) is 0 Å². The SMILES string of the molecule is FC(F)(F)c1ccc(Sc2ccnc(-c3ccccn3)n2)cc1. The van der Waals surface area contributed by atoms with Gasteiger partial charge in [-0.15, -0.1) is 0 Å². The average Bonchev–Trinajstić information content (AvgIpc) is 2.56. The van der Waals surface area contributed by atoms with E-state index in [0.717, 1.165) is 12.1 Å². The van der Waals surface area contributed by atoms with Crippen molar-refractivity contribution >= 4 is 11.8 Å². The fraction of sp³-hybridized carbons (Fsp3) is 0.0625. The average molecular weight is 333 g/mol. The molecule has 0 fully saturated rings. The van der Waals surface area contributed by atoms with Crippen LogP contribution in [0, 0.1) is 0 Å². The van der Waals surface area contributed by atoms with Crippen LogP contribution in [-0.2, 0) is 6.18 Å². The van der Waals surface area contributed by atoms with Crippen molar-refractivity contribution in [2.75, 3.05) is 0 Å². The van der Waals surface area contributed by atoms with Crippen molar-refractivity contribution in [2.45, 2.75) is 16.1 Å². The largest absolute Gasteiger partial charge is 0.416 e. The first-order valence-electron chi connectivity index (χ1n) is 6.62. The molecule has 0 atom stereocenters. The number of hydrogen-bond acceptors (Lipinski definition) is 4. The molecule has 0 aliphatic heterocycles. The zero-order chi connectivity index (χ0) is 16.3. The third-order valence-corrected chi connectivity index (χ3v) is 3.87. The Labute approximate surface area is 134 Å². The van der Waals surface area contributed by atoms with Gasteiger partial charge in [0.2, 0.25) is 0 Å². The normalized spacial score (nSPS) is 11.4. The predicted molar refractivity (Wildman–Crippen MR) is 80.8 cm³/mol. The van der Waals surface area contributed by atoms with Crippen LogP contribution in [0.4, 0.5) is 13.2 Å². The quantitative estimate of drug-likeness (QED) is 0.651. The number of benzene rings is 1. The Morgan fingerprint density at radius 1 is 0.826 bits per heavy atom. The van der Waals surface area contributed by atoms with E-state index in [4.69, 9.17) is 0 Å². The molecular weight excluding hydrogens is 323 g/mol. The van der Waals surface area contributed by atoms with Crippen molar-refractivity contribution in [2.24, 2.45) is 0 Å². The van der Waals surface area contributed by atoms with Crippen LogP contribution in [0.1, 0.15) is 5.56 Å². The summed E-state index contributed by atoms with van der Waals surface area (Å²) in [5, 5.41) is 0.639. The number of nitrogens with zero attached hydrogens (tertiary/aromatic N) is 3. The van der Waals surface area contributed by atoms with Crippen LogP contribution in [0.15, 0.2) is 70.8 Å².